The predicted octanol–water partition coefficient (Wildman–Crippen LogP) is 8.82. The van der Waals surface area contributed by atoms with Gasteiger partial charge in [0.05, 0.1) is 0 Å². The van der Waals surface area contributed by atoms with E-state index in [-0.39, 0.29) is 39.9 Å². The van der Waals surface area contributed by atoms with Crippen LogP contribution in [0.15, 0.2) is 12.2 Å². The Hall–Kier alpha value is -0.180. The molecule has 0 rings (SSSR count). The van der Waals surface area contributed by atoms with Crippen LogP contribution in [0.25, 0.3) is 0 Å². The average molecular weight is 821 g/mol. The number of esters is 1. The van der Waals surface area contributed by atoms with Crippen LogP contribution in [-0.4, -0.2) is 68.4 Å². The number of carbonyl (C=O) groups excluding carboxylic acids is 1. The van der Waals surface area contributed by atoms with Gasteiger partial charge in [-0.1, -0.05) is 90.9 Å². The second-order valence-electron chi connectivity index (χ2n) is 15.0. The van der Waals surface area contributed by atoms with Crippen molar-refractivity contribution in [2.45, 2.75) is 218 Å². The Kier molecular flexibility index (Phi) is 39.9. The number of aliphatic hydroxyl groups is 2. The van der Waals surface area contributed by atoms with Gasteiger partial charge in [-0.3, -0.25) is 0 Å². The number of halogens is 1. The van der Waals surface area contributed by atoms with Crippen LogP contribution in [0.5, 0.6) is 0 Å². The zero-order chi connectivity index (χ0) is 36.8. The first-order valence-corrected chi connectivity index (χ1v) is 24.7. The molecule has 3 unspecified atom stereocenters. The van der Waals surface area contributed by atoms with Crippen LogP contribution in [0.3, 0.4) is 0 Å². The van der Waals surface area contributed by atoms with Crippen molar-refractivity contribution in [3.63, 3.8) is 0 Å². The molecule has 2 N–H and O–H groups in total. The number of hydrogen-bond donors (Lipinski definition) is 2. The Morgan fingerprint density at radius 2 is 1.22 bits per heavy atom. The number of alkyl halides is 2. The van der Waals surface area contributed by atoms with Gasteiger partial charge in [-0.2, -0.15) is 0 Å². The van der Waals surface area contributed by atoms with Gasteiger partial charge in [0.25, 0.3) is 0 Å². The molecule has 0 aliphatic carbocycles. The third kappa shape index (κ3) is 34.9. The van der Waals surface area contributed by atoms with E-state index in [0.717, 1.165) is 76.9 Å². The molecule has 0 spiro atoms. The number of ether oxygens (including phenoxy) is 1. The zero-order valence-corrected chi connectivity index (χ0v) is 36.1. The van der Waals surface area contributed by atoms with E-state index in [1.165, 1.54) is 126 Å². The third-order valence-electron chi connectivity index (χ3n) is 10.1. The van der Waals surface area contributed by atoms with Crippen molar-refractivity contribution in [3.8, 4) is 0 Å². The van der Waals surface area contributed by atoms with E-state index >= 15 is 0 Å². The molecule has 0 bridgehead atoms. The van der Waals surface area contributed by atoms with E-state index in [2.05, 4.69) is 44.7 Å². The topological polar surface area (TPSA) is 70.0 Å². The fourth-order valence-corrected chi connectivity index (χ4v) is 9.82. The molecule has 3 atom stereocenters. The van der Waals surface area contributed by atoms with Gasteiger partial charge in [-0.05, 0) is 18.8 Å². The molecule has 0 heterocycles. The molecule has 0 aromatic heterocycles. The zero-order valence-electron chi connectivity index (χ0n) is 34.0. The molecule has 0 aliphatic heterocycles. The van der Waals surface area contributed by atoms with E-state index in [0.29, 0.717) is 17.0 Å². The van der Waals surface area contributed by atoms with Gasteiger partial charge in [-0.25, -0.2) is 0 Å². The standard InChI is InChI=1S/C44H87INO4/c1-5-9-13-16-18-21-29-41(28-20-15-11-7-3)33-34-43(48)31-26-37-46(36-24-25-39-47)38-27-32-44(49)50-40-42(45-35-23-12-8-4)30-22-19-17-14-10-6-2/h17,19,41-43,47-48H,5-16,18,20-40H2,1-4H3/q-1/b19-17+. The second-order valence-corrected chi connectivity index (χ2v) is 18.8. The molecular formula is C44H87INO4-. The number of aliphatic hydroxyl groups excluding tert-OH is 2. The first kappa shape index (κ1) is 49.8. The van der Waals surface area contributed by atoms with Crippen LogP contribution in [0.4, 0.5) is 0 Å². The van der Waals surface area contributed by atoms with Crippen LogP contribution in [0.2, 0.25) is 0 Å². The molecule has 0 saturated carbocycles. The third-order valence-corrected chi connectivity index (χ3v) is 13.7. The summed E-state index contributed by atoms with van der Waals surface area (Å²) in [6.07, 6.45) is 37.5. The van der Waals surface area contributed by atoms with E-state index in [4.69, 9.17) is 4.74 Å². The van der Waals surface area contributed by atoms with E-state index in [1.54, 1.807) is 0 Å². The van der Waals surface area contributed by atoms with Crippen molar-refractivity contribution >= 4 is 5.97 Å². The molecule has 0 aromatic rings. The van der Waals surface area contributed by atoms with Crippen molar-refractivity contribution in [3.05, 3.63) is 12.2 Å². The summed E-state index contributed by atoms with van der Waals surface area (Å²) < 4.78 is 7.76. The van der Waals surface area contributed by atoms with E-state index in [1.807, 2.05) is 0 Å². The number of nitrogens with zero attached hydrogens (tertiary/aromatic N) is 1. The number of carbonyl (C=O) groups is 1. The first-order valence-electron chi connectivity index (χ1n) is 21.9. The molecule has 0 aliphatic rings. The molecule has 0 saturated heterocycles. The average Bonchev–Trinajstić information content (AvgIpc) is 3.11. The summed E-state index contributed by atoms with van der Waals surface area (Å²) in [5.74, 6) is 0.731. The minimum absolute atomic E-state index is 0.0398. The molecule has 0 aromatic carbocycles. The quantitative estimate of drug-likeness (QED) is 0.0213. The molecule has 0 radical (unpaired) electrons. The van der Waals surface area contributed by atoms with Gasteiger partial charge in [0.15, 0.2) is 0 Å². The van der Waals surface area contributed by atoms with Crippen LogP contribution >= 0.6 is 0 Å². The molecule has 5 nitrogen and oxygen atoms in total. The second kappa shape index (κ2) is 40.0. The maximum atomic E-state index is 12.8. The van der Waals surface area contributed by atoms with Gasteiger partial charge in [0.2, 0.25) is 0 Å². The summed E-state index contributed by atoms with van der Waals surface area (Å²) in [5.41, 5.74) is 0. The van der Waals surface area contributed by atoms with E-state index < -0.39 is 0 Å². The summed E-state index contributed by atoms with van der Waals surface area (Å²) >= 11 is 0.0607. The monoisotopic (exact) mass is 821 g/mol. The van der Waals surface area contributed by atoms with Crippen molar-refractivity contribution < 1.29 is 40.9 Å². The number of allylic oxidation sites excluding steroid dienone is 2. The number of rotatable bonds is 40. The first-order chi connectivity index (χ1) is 24.5. The molecular weight excluding hydrogens is 733 g/mol. The normalized spacial score (nSPS) is 13.8. The summed E-state index contributed by atoms with van der Waals surface area (Å²) in [6, 6.07) is 0. The fraction of sp³-hybridized carbons (Fsp3) is 0.932. The Morgan fingerprint density at radius 3 is 1.92 bits per heavy atom. The molecule has 300 valence electrons. The van der Waals surface area contributed by atoms with Crippen molar-refractivity contribution in [2.75, 3.05) is 37.3 Å². The van der Waals surface area contributed by atoms with Gasteiger partial charge in [-0.15, -0.1) is 0 Å². The molecule has 6 heteroatoms. The van der Waals surface area contributed by atoms with Crippen molar-refractivity contribution in [1.29, 1.82) is 0 Å². The van der Waals surface area contributed by atoms with Gasteiger partial charge in [0, 0.05) is 0 Å². The minimum atomic E-state index is -0.212. The molecule has 0 amide bonds. The predicted molar refractivity (Wildman–Crippen MR) is 214 cm³/mol. The Labute approximate surface area is 323 Å². The van der Waals surface area contributed by atoms with Gasteiger partial charge < -0.3 is 10.2 Å². The SMILES string of the molecule is CCCC/C=C/CCC(COC(=O)CCCN(CCCCO)CCCC(O)CCC(CCCCCC)CCCCCCCC)[I-]CCCCC. The Bertz CT molecular complexity index is 720. The summed E-state index contributed by atoms with van der Waals surface area (Å²) in [7, 11) is 0. The van der Waals surface area contributed by atoms with Gasteiger partial charge in [0.1, 0.15) is 0 Å². The van der Waals surface area contributed by atoms with Gasteiger partial charge >= 0.3 is 205 Å². The van der Waals surface area contributed by atoms with Crippen LogP contribution in [0, 0.1) is 5.92 Å². The van der Waals surface area contributed by atoms with Crippen molar-refractivity contribution in [1.82, 2.24) is 4.90 Å². The maximum absolute atomic E-state index is 12.8. The van der Waals surface area contributed by atoms with Crippen LogP contribution in [-0.2, 0) is 9.53 Å². The van der Waals surface area contributed by atoms with E-state index in [9.17, 15) is 15.0 Å². The summed E-state index contributed by atoms with van der Waals surface area (Å²) in [6.45, 7) is 12.7. The number of unbranched alkanes of at least 4 members (excludes halogenated alkanes) is 13. The fourth-order valence-electron chi connectivity index (χ4n) is 6.73. The molecule has 50 heavy (non-hydrogen) atoms. The van der Waals surface area contributed by atoms with Crippen molar-refractivity contribution in [2.24, 2.45) is 5.92 Å². The van der Waals surface area contributed by atoms with Crippen LogP contribution in [0.1, 0.15) is 207 Å². The number of hydrogen-bond acceptors (Lipinski definition) is 5. The summed E-state index contributed by atoms with van der Waals surface area (Å²) in [4.78, 5) is 15.2. The summed E-state index contributed by atoms with van der Waals surface area (Å²) in [5, 5.41) is 20.3. The Morgan fingerprint density at radius 1 is 0.620 bits per heavy atom. The molecule has 0 fully saturated rings. The Balaban J connectivity index is 4.63. The van der Waals surface area contributed by atoms with Crippen LogP contribution < -0.4 is 21.2 Å².